The van der Waals surface area contributed by atoms with Crippen LogP contribution >= 0.6 is 0 Å². The fourth-order valence-electron chi connectivity index (χ4n) is 2.47. The Morgan fingerprint density at radius 2 is 1.65 bits per heavy atom. The first-order chi connectivity index (χ1) is 12.7. The SMILES string of the molecule is CCCCNC(=O)c1ccc(NC(=O)CNCCc2ccccc2)cc1. The van der Waals surface area contributed by atoms with Crippen LogP contribution < -0.4 is 16.0 Å². The third kappa shape index (κ3) is 7.07. The zero-order chi connectivity index (χ0) is 18.6. The van der Waals surface area contributed by atoms with Gasteiger partial charge in [0.2, 0.25) is 5.91 Å². The van der Waals surface area contributed by atoms with E-state index >= 15 is 0 Å². The maximum Gasteiger partial charge on any atom is 0.251 e. The molecule has 0 atom stereocenters. The second-order valence-electron chi connectivity index (χ2n) is 6.15. The molecular formula is C21H27N3O2. The van der Waals surface area contributed by atoms with Crippen molar-refractivity contribution in [3.63, 3.8) is 0 Å². The lowest BCUT2D eigenvalue weighted by molar-refractivity contribution is -0.115. The first kappa shape index (κ1) is 19.7. The van der Waals surface area contributed by atoms with Crippen LogP contribution in [-0.4, -0.2) is 31.4 Å². The van der Waals surface area contributed by atoms with Gasteiger partial charge in [0.25, 0.3) is 5.91 Å². The van der Waals surface area contributed by atoms with Crippen LogP contribution in [0.5, 0.6) is 0 Å². The Kier molecular flexibility index (Phi) is 8.36. The highest BCUT2D eigenvalue weighted by atomic mass is 16.2. The molecule has 0 saturated heterocycles. The molecule has 0 aliphatic heterocycles. The van der Waals surface area contributed by atoms with Gasteiger partial charge in [-0.15, -0.1) is 0 Å². The molecule has 2 rings (SSSR count). The Morgan fingerprint density at radius 3 is 2.35 bits per heavy atom. The second-order valence-corrected chi connectivity index (χ2v) is 6.15. The number of hydrogen-bond donors (Lipinski definition) is 3. The van der Waals surface area contributed by atoms with Crippen molar-refractivity contribution in [1.82, 2.24) is 10.6 Å². The third-order valence-electron chi connectivity index (χ3n) is 3.97. The van der Waals surface area contributed by atoms with Crippen molar-refractivity contribution in [3.05, 3.63) is 65.7 Å². The second kappa shape index (κ2) is 11.1. The molecular weight excluding hydrogens is 326 g/mol. The number of hydrogen-bond acceptors (Lipinski definition) is 3. The van der Waals surface area contributed by atoms with Gasteiger partial charge in [0.1, 0.15) is 0 Å². The first-order valence-corrected chi connectivity index (χ1v) is 9.12. The highest BCUT2D eigenvalue weighted by Crippen LogP contribution is 2.09. The van der Waals surface area contributed by atoms with E-state index in [2.05, 4.69) is 35.0 Å². The summed E-state index contributed by atoms with van der Waals surface area (Å²) in [5, 5.41) is 8.83. The maximum atomic E-state index is 12.0. The molecule has 2 amide bonds. The van der Waals surface area contributed by atoms with Crippen molar-refractivity contribution in [2.24, 2.45) is 0 Å². The number of rotatable bonds is 10. The topological polar surface area (TPSA) is 70.2 Å². The molecule has 5 nitrogen and oxygen atoms in total. The summed E-state index contributed by atoms with van der Waals surface area (Å²) in [7, 11) is 0. The fourth-order valence-corrected chi connectivity index (χ4v) is 2.47. The van der Waals surface area contributed by atoms with Crippen LogP contribution in [0.1, 0.15) is 35.7 Å². The summed E-state index contributed by atoms with van der Waals surface area (Å²) in [6, 6.07) is 17.1. The molecule has 2 aromatic rings. The molecule has 5 heteroatoms. The Labute approximate surface area is 155 Å². The molecule has 0 spiro atoms. The van der Waals surface area contributed by atoms with Crippen LogP contribution in [0, 0.1) is 0 Å². The van der Waals surface area contributed by atoms with Crippen LogP contribution in [0.25, 0.3) is 0 Å². The number of amides is 2. The minimum Gasteiger partial charge on any atom is -0.352 e. The summed E-state index contributed by atoms with van der Waals surface area (Å²) < 4.78 is 0. The van der Waals surface area contributed by atoms with E-state index < -0.39 is 0 Å². The third-order valence-corrected chi connectivity index (χ3v) is 3.97. The van der Waals surface area contributed by atoms with E-state index in [1.165, 1.54) is 5.56 Å². The zero-order valence-electron chi connectivity index (χ0n) is 15.3. The van der Waals surface area contributed by atoms with Crippen molar-refractivity contribution in [2.75, 3.05) is 25.0 Å². The van der Waals surface area contributed by atoms with Crippen LogP contribution in [0.4, 0.5) is 5.69 Å². The van der Waals surface area contributed by atoms with Gasteiger partial charge in [0, 0.05) is 17.8 Å². The van der Waals surface area contributed by atoms with Crippen LogP contribution in [0.15, 0.2) is 54.6 Å². The Balaban J connectivity index is 1.69. The maximum absolute atomic E-state index is 12.0. The van der Waals surface area contributed by atoms with Crippen molar-refractivity contribution >= 4 is 17.5 Å². The molecule has 0 fully saturated rings. The predicted octanol–water partition coefficient (Wildman–Crippen LogP) is 2.99. The smallest absolute Gasteiger partial charge is 0.251 e. The Bertz CT molecular complexity index is 684. The van der Waals surface area contributed by atoms with Gasteiger partial charge in [-0.3, -0.25) is 9.59 Å². The van der Waals surface area contributed by atoms with E-state index in [0.717, 1.165) is 25.8 Å². The highest BCUT2D eigenvalue weighted by molar-refractivity contribution is 5.96. The molecule has 26 heavy (non-hydrogen) atoms. The predicted molar refractivity (Wildman–Crippen MR) is 105 cm³/mol. The molecule has 0 aromatic heterocycles. The molecule has 0 unspecified atom stereocenters. The van der Waals surface area contributed by atoms with Crippen LogP contribution in [-0.2, 0) is 11.2 Å². The summed E-state index contributed by atoms with van der Waals surface area (Å²) in [6.07, 6.45) is 2.90. The van der Waals surface area contributed by atoms with Gasteiger partial charge in [-0.1, -0.05) is 43.7 Å². The normalized spacial score (nSPS) is 10.3. The van der Waals surface area contributed by atoms with E-state index in [4.69, 9.17) is 0 Å². The van der Waals surface area contributed by atoms with E-state index in [-0.39, 0.29) is 18.4 Å². The summed E-state index contributed by atoms with van der Waals surface area (Å²) in [6.45, 7) is 3.77. The molecule has 3 N–H and O–H groups in total. The molecule has 0 heterocycles. The van der Waals surface area contributed by atoms with Gasteiger partial charge in [0.05, 0.1) is 6.54 Å². The summed E-state index contributed by atoms with van der Waals surface area (Å²) in [4.78, 5) is 23.9. The lowest BCUT2D eigenvalue weighted by Crippen LogP contribution is -2.29. The van der Waals surface area contributed by atoms with Gasteiger partial charge in [-0.25, -0.2) is 0 Å². The monoisotopic (exact) mass is 353 g/mol. The largest absolute Gasteiger partial charge is 0.352 e. The molecule has 138 valence electrons. The number of carbonyl (C=O) groups is 2. The molecule has 2 aromatic carbocycles. The molecule has 0 radical (unpaired) electrons. The molecule has 0 aliphatic rings. The lowest BCUT2D eigenvalue weighted by atomic mass is 10.1. The molecule has 0 saturated carbocycles. The fraction of sp³-hybridized carbons (Fsp3) is 0.333. The highest BCUT2D eigenvalue weighted by Gasteiger charge is 2.06. The summed E-state index contributed by atoms with van der Waals surface area (Å²) in [5.74, 6) is -0.183. The van der Waals surface area contributed by atoms with Crippen molar-refractivity contribution in [1.29, 1.82) is 0 Å². The molecule has 0 aliphatic carbocycles. The quantitative estimate of drug-likeness (QED) is 0.575. The average Bonchev–Trinajstić information content (AvgIpc) is 2.67. The van der Waals surface area contributed by atoms with Crippen molar-refractivity contribution < 1.29 is 9.59 Å². The lowest BCUT2D eigenvalue weighted by Gasteiger charge is -2.08. The van der Waals surface area contributed by atoms with Crippen LogP contribution in [0.2, 0.25) is 0 Å². The number of carbonyl (C=O) groups excluding carboxylic acids is 2. The zero-order valence-corrected chi connectivity index (χ0v) is 15.3. The minimum atomic E-state index is -0.0989. The van der Waals surface area contributed by atoms with Gasteiger partial charge < -0.3 is 16.0 Å². The van der Waals surface area contributed by atoms with Crippen molar-refractivity contribution in [3.8, 4) is 0 Å². The average molecular weight is 353 g/mol. The van der Waals surface area contributed by atoms with Crippen molar-refractivity contribution in [2.45, 2.75) is 26.2 Å². The van der Waals surface area contributed by atoms with E-state index in [1.807, 2.05) is 18.2 Å². The number of unbranched alkanes of at least 4 members (excludes halogenated alkanes) is 1. The Hall–Kier alpha value is -2.66. The number of benzene rings is 2. The van der Waals surface area contributed by atoms with E-state index in [9.17, 15) is 9.59 Å². The van der Waals surface area contributed by atoms with Gasteiger partial charge in [-0.2, -0.15) is 0 Å². The summed E-state index contributed by atoms with van der Waals surface area (Å²) >= 11 is 0. The van der Waals surface area contributed by atoms with Gasteiger partial charge in [-0.05, 0) is 49.2 Å². The minimum absolute atomic E-state index is 0.0843. The standard InChI is InChI=1S/C21H27N3O2/c1-2-3-14-23-21(26)18-9-11-19(12-10-18)24-20(25)16-22-15-13-17-7-5-4-6-8-17/h4-12,22H,2-3,13-16H2,1H3,(H,23,26)(H,24,25). The number of nitrogens with one attached hydrogen (secondary N) is 3. The van der Waals surface area contributed by atoms with Gasteiger partial charge >= 0.3 is 0 Å². The summed E-state index contributed by atoms with van der Waals surface area (Å²) in [5.41, 5.74) is 2.53. The van der Waals surface area contributed by atoms with E-state index in [1.54, 1.807) is 24.3 Å². The molecule has 0 bridgehead atoms. The van der Waals surface area contributed by atoms with Gasteiger partial charge in [0.15, 0.2) is 0 Å². The number of anilines is 1. The first-order valence-electron chi connectivity index (χ1n) is 9.12. The Morgan fingerprint density at radius 1 is 0.923 bits per heavy atom. The van der Waals surface area contributed by atoms with Crippen LogP contribution in [0.3, 0.4) is 0 Å². The van der Waals surface area contributed by atoms with E-state index in [0.29, 0.717) is 17.8 Å².